The Morgan fingerprint density at radius 1 is 1.43 bits per heavy atom. The average Bonchev–Trinajstić information content (AvgIpc) is 2.99. The number of nitrogens with one attached hydrogen (secondary N) is 1. The van der Waals surface area contributed by atoms with Crippen molar-refractivity contribution >= 4 is 24.7 Å². The standard InChI is InChI=1S/C15H19N3O2S/c19-15(16-12-5-10-1-3-17(7-10)9-12)18-4-2-13-11(8-18)6-14(21)20-13/h2,4,6,10,12,21H,1,3,5,7-9H2,(H,16,19). The van der Waals surface area contributed by atoms with Crippen LogP contribution in [0.1, 0.15) is 24.2 Å². The zero-order valence-electron chi connectivity index (χ0n) is 11.8. The predicted octanol–water partition coefficient (Wildman–Crippen LogP) is 2.16. The number of urea groups is 1. The van der Waals surface area contributed by atoms with Gasteiger partial charge < -0.3 is 14.6 Å². The molecule has 3 unspecified atom stereocenters. The summed E-state index contributed by atoms with van der Waals surface area (Å²) in [5.41, 5.74) is 1.00. The molecule has 3 atom stereocenters. The van der Waals surface area contributed by atoms with Crippen LogP contribution in [-0.4, -0.2) is 41.5 Å². The molecule has 1 aromatic rings. The summed E-state index contributed by atoms with van der Waals surface area (Å²) in [5, 5.41) is 3.76. The molecule has 2 fully saturated rings. The van der Waals surface area contributed by atoms with Gasteiger partial charge in [0, 0.05) is 30.9 Å². The number of rotatable bonds is 1. The maximum Gasteiger partial charge on any atom is 0.321 e. The van der Waals surface area contributed by atoms with Gasteiger partial charge in [-0.1, -0.05) is 0 Å². The van der Waals surface area contributed by atoms with Crippen molar-refractivity contribution in [2.24, 2.45) is 5.92 Å². The molecular formula is C15H19N3O2S. The molecule has 2 saturated heterocycles. The first kappa shape index (κ1) is 13.3. The minimum absolute atomic E-state index is 0.0219. The molecule has 0 radical (unpaired) electrons. The van der Waals surface area contributed by atoms with Crippen molar-refractivity contribution in [3.63, 3.8) is 0 Å². The van der Waals surface area contributed by atoms with Crippen molar-refractivity contribution in [2.75, 3.05) is 19.6 Å². The van der Waals surface area contributed by atoms with Gasteiger partial charge in [-0.25, -0.2) is 4.79 Å². The quantitative estimate of drug-likeness (QED) is 0.782. The van der Waals surface area contributed by atoms with Crippen molar-refractivity contribution in [3.8, 4) is 0 Å². The van der Waals surface area contributed by atoms with Gasteiger partial charge in [0.05, 0.1) is 6.54 Å². The summed E-state index contributed by atoms with van der Waals surface area (Å²) in [6.45, 7) is 3.92. The van der Waals surface area contributed by atoms with Gasteiger partial charge in [0.15, 0.2) is 5.09 Å². The third kappa shape index (κ3) is 2.58. The van der Waals surface area contributed by atoms with E-state index in [2.05, 4.69) is 22.8 Å². The van der Waals surface area contributed by atoms with Crippen LogP contribution >= 0.6 is 12.6 Å². The topological polar surface area (TPSA) is 48.7 Å². The first-order valence-corrected chi connectivity index (χ1v) is 7.91. The summed E-state index contributed by atoms with van der Waals surface area (Å²) in [7, 11) is 0. The van der Waals surface area contributed by atoms with Gasteiger partial charge in [-0.3, -0.25) is 4.90 Å². The van der Waals surface area contributed by atoms with E-state index in [1.807, 2.05) is 12.1 Å². The lowest BCUT2D eigenvalue weighted by Gasteiger charge is -2.32. The second-order valence-electron chi connectivity index (χ2n) is 6.21. The summed E-state index contributed by atoms with van der Waals surface area (Å²) in [6.07, 6.45) is 5.99. The molecule has 0 spiro atoms. The molecule has 0 aromatic carbocycles. The summed E-state index contributed by atoms with van der Waals surface area (Å²) in [4.78, 5) is 16.6. The van der Waals surface area contributed by atoms with Crippen molar-refractivity contribution in [3.05, 3.63) is 23.6 Å². The SMILES string of the molecule is O=C(NC1CC2CCN(C2)C1)N1C=Cc2oc(S)cc2C1. The zero-order valence-corrected chi connectivity index (χ0v) is 12.7. The number of nitrogens with zero attached hydrogens (tertiary/aromatic N) is 2. The van der Waals surface area contributed by atoms with E-state index in [9.17, 15) is 4.79 Å². The Morgan fingerprint density at radius 2 is 2.33 bits per heavy atom. The number of furan rings is 1. The van der Waals surface area contributed by atoms with Crippen molar-refractivity contribution in [1.29, 1.82) is 0 Å². The fourth-order valence-electron chi connectivity index (χ4n) is 3.65. The zero-order chi connectivity index (χ0) is 14.4. The number of carbonyl (C=O) groups excluding carboxylic acids is 1. The highest BCUT2D eigenvalue weighted by atomic mass is 32.1. The van der Waals surface area contributed by atoms with E-state index in [4.69, 9.17) is 4.42 Å². The van der Waals surface area contributed by atoms with E-state index < -0.39 is 0 Å². The molecule has 2 amide bonds. The summed E-state index contributed by atoms with van der Waals surface area (Å²) >= 11 is 4.20. The van der Waals surface area contributed by atoms with Gasteiger partial charge in [-0.15, -0.1) is 12.6 Å². The Bertz CT molecular complexity index is 586. The van der Waals surface area contributed by atoms with E-state index in [0.717, 1.165) is 30.2 Å². The van der Waals surface area contributed by atoms with Gasteiger partial charge in [0.25, 0.3) is 0 Å². The molecule has 3 aliphatic heterocycles. The van der Waals surface area contributed by atoms with Gasteiger partial charge in [-0.2, -0.15) is 0 Å². The molecule has 21 heavy (non-hydrogen) atoms. The van der Waals surface area contributed by atoms with E-state index in [1.165, 1.54) is 19.5 Å². The predicted molar refractivity (Wildman–Crippen MR) is 82.0 cm³/mol. The Labute approximate surface area is 129 Å². The molecule has 4 heterocycles. The molecule has 1 N–H and O–H groups in total. The van der Waals surface area contributed by atoms with Gasteiger partial charge in [-0.05, 0) is 37.4 Å². The fourth-order valence-corrected chi connectivity index (χ4v) is 3.90. The van der Waals surface area contributed by atoms with E-state index in [0.29, 0.717) is 11.6 Å². The molecule has 4 rings (SSSR count). The van der Waals surface area contributed by atoms with E-state index >= 15 is 0 Å². The highest BCUT2D eigenvalue weighted by Crippen LogP contribution is 2.28. The highest BCUT2D eigenvalue weighted by Gasteiger charge is 2.33. The smallest absolute Gasteiger partial charge is 0.321 e. The third-order valence-electron chi connectivity index (χ3n) is 4.63. The maximum atomic E-state index is 12.4. The lowest BCUT2D eigenvalue weighted by Crippen LogP contribution is -2.50. The molecule has 112 valence electrons. The molecule has 6 heteroatoms. The van der Waals surface area contributed by atoms with Crippen LogP contribution in [0.3, 0.4) is 0 Å². The second kappa shape index (κ2) is 5.10. The number of hydrogen-bond acceptors (Lipinski definition) is 4. The van der Waals surface area contributed by atoms with Gasteiger partial charge in [0.1, 0.15) is 5.76 Å². The maximum absolute atomic E-state index is 12.4. The lowest BCUT2D eigenvalue weighted by atomic mass is 9.97. The molecule has 1 aromatic heterocycles. The number of fused-ring (bicyclic) bond motifs is 3. The van der Waals surface area contributed by atoms with Gasteiger partial charge >= 0.3 is 6.03 Å². The number of amides is 2. The Balaban J connectivity index is 1.40. The van der Waals surface area contributed by atoms with Crippen LogP contribution in [0, 0.1) is 5.92 Å². The van der Waals surface area contributed by atoms with Crippen molar-refractivity contribution in [2.45, 2.75) is 30.5 Å². The lowest BCUT2D eigenvalue weighted by molar-refractivity contribution is 0.186. The first-order valence-electron chi connectivity index (χ1n) is 7.47. The fraction of sp³-hybridized carbons (Fsp3) is 0.533. The van der Waals surface area contributed by atoms with Crippen LogP contribution in [0.4, 0.5) is 4.79 Å². The molecule has 2 bridgehead atoms. The highest BCUT2D eigenvalue weighted by molar-refractivity contribution is 7.80. The first-order chi connectivity index (χ1) is 10.2. The molecule has 0 saturated carbocycles. The summed E-state index contributed by atoms with van der Waals surface area (Å²) in [5.74, 6) is 1.55. The third-order valence-corrected chi connectivity index (χ3v) is 4.85. The van der Waals surface area contributed by atoms with Crippen LogP contribution < -0.4 is 5.32 Å². The Hall–Kier alpha value is -1.40. The Kier molecular flexibility index (Phi) is 3.23. The minimum Gasteiger partial charge on any atom is -0.450 e. The van der Waals surface area contributed by atoms with Gasteiger partial charge in [0.2, 0.25) is 0 Å². The van der Waals surface area contributed by atoms with Crippen LogP contribution in [0.2, 0.25) is 0 Å². The van der Waals surface area contributed by atoms with Crippen LogP contribution in [0.15, 0.2) is 21.8 Å². The van der Waals surface area contributed by atoms with Crippen molar-refractivity contribution < 1.29 is 9.21 Å². The second-order valence-corrected chi connectivity index (χ2v) is 6.65. The molecule has 3 aliphatic rings. The normalized spacial score (nSPS) is 30.3. The monoisotopic (exact) mass is 305 g/mol. The minimum atomic E-state index is -0.0219. The molecule has 0 aliphatic carbocycles. The number of piperidine rings is 1. The number of hydrogen-bond donors (Lipinski definition) is 2. The largest absolute Gasteiger partial charge is 0.450 e. The summed E-state index contributed by atoms with van der Waals surface area (Å²) < 4.78 is 5.43. The average molecular weight is 305 g/mol. The number of thiol groups is 1. The van der Waals surface area contributed by atoms with E-state index in [-0.39, 0.29) is 12.1 Å². The summed E-state index contributed by atoms with van der Waals surface area (Å²) in [6, 6.07) is 2.12. The van der Waals surface area contributed by atoms with Crippen LogP contribution in [0.25, 0.3) is 6.08 Å². The molecular weight excluding hydrogens is 286 g/mol. The van der Waals surface area contributed by atoms with Crippen LogP contribution in [-0.2, 0) is 6.54 Å². The molecule has 5 nitrogen and oxygen atoms in total. The van der Waals surface area contributed by atoms with Crippen LogP contribution in [0.5, 0.6) is 0 Å². The van der Waals surface area contributed by atoms with Crippen molar-refractivity contribution in [1.82, 2.24) is 15.1 Å². The van der Waals surface area contributed by atoms with E-state index in [1.54, 1.807) is 11.1 Å². The Morgan fingerprint density at radius 3 is 3.19 bits per heavy atom. The number of carbonyl (C=O) groups is 1.